The van der Waals surface area contributed by atoms with E-state index in [-0.39, 0.29) is 31.8 Å². The van der Waals surface area contributed by atoms with Crippen molar-refractivity contribution >= 4 is 18.4 Å². The lowest BCUT2D eigenvalue weighted by atomic mass is 9.83. The van der Waals surface area contributed by atoms with Crippen molar-refractivity contribution in [1.82, 2.24) is 0 Å². The number of ether oxygens (including phenoxy) is 4. The van der Waals surface area contributed by atoms with Crippen LogP contribution in [-0.2, 0) is 23.7 Å². The van der Waals surface area contributed by atoms with E-state index in [9.17, 15) is 30.3 Å². The van der Waals surface area contributed by atoms with E-state index in [1.165, 1.54) is 7.11 Å². The third-order valence-electron chi connectivity index (χ3n) is 5.44. The molecule has 10 unspecified atom stereocenters. The SMILES string of the molecule is COCC1OC(OCC2OC(C)C(CC(=O)CCS)C(O)C2O)C(O)C(O)C1O. The summed E-state index contributed by atoms with van der Waals surface area (Å²) in [4.78, 5) is 11.9. The minimum atomic E-state index is -1.52. The minimum absolute atomic E-state index is 0.0227. The van der Waals surface area contributed by atoms with Crippen LogP contribution >= 0.6 is 12.6 Å². The molecule has 2 aliphatic rings. The third-order valence-corrected chi connectivity index (χ3v) is 5.66. The van der Waals surface area contributed by atoms with Gasteiger partial charge < -0.3 is 44.5 Å². The van der Waals surface area contributed by atoms with E-state index in [0.29, 0.717) is 5.75 Å². The molecule has 2 heterocycles. The van der Waals surface area contributed by atoms with Crippen LogP contribution in [0.2, 0.25) is 0 Å². The summed E-state index contributed by atoms with van der Waals surface area (Å²) in [7, 11) is 1.40. The van der Waals surface area contributed by atoms with Gasteiger partial charge in [-0.1, -0.05) is 0 Å². The number of rotatable bonds is 9. The molecule has 0 aliphatic carbocycles. The van der Waals surface area contributed by atoms with Gasteiger partial charge >= 0.3 is 0 Å². The molecule has 2 rings (SSSR count). The summed E-state index contributed by atoms with van der Waals surface area (Å²) in [5.74, 6) is -0.227. The zero-order valence-electron chi connectivity index (χ0n) is 16.5. The Balaban J connectivity index is 1.94. The fraction of sp³-hybridized carbons (Fsp3) is 0.944. The average molecular weight is 441 g/mol. The van der Waals surface area contributed by atoms with Crippen LogP contribution in [-0.4, -0.2) is 113 Å². The van der Waals surface area contributed by atoms with Gasteiger partial charge in [0, 0.05) is 25.9 Å². The maximum Gasteiger partial charge on any atom is 0.186 e. The number of hydrogen-bond acceptors (Lipinski definition) is 11. The highest BCUT2D eigenvalue weighted by atomic mass is 32.1. The lowest BCUT2D eigenvalue weighted by molar-refractivity contribution is -0.313. The highest BCUT2D eigenvalue weighted by Gasteiger charge is 2.46. The molecule has 11 heteroatoms. The maximum atomic E-state index is 11.9. The molecule has 0 saturated carbocycles. The summed E-state index contributed by atoms with van der Waals surface area (Å²) in [5, 5.41) is 50.8. The smallest absolute Gasteiger partial charge is 0.186 e. The first kappa shape index (κ1) is 24.9. The molecule has 2 fully saturated rings. The maximum absolute atomic E-state index is 11.9. The second-order valence-electron chi connectivity index (χ2n) is 7.54. The van der Waals surface area contributed by atoms with Gasteiger partial charge in [0.2, 0.25) is 0 Å². The molecule has 0 aromatic rings. The first-order chi connectivity index (χ1) is 13.7. The molecule has 29 heavy (non-hydrogen) atoms. The third kappa shape index (κ3) is 6.10. The molecule has 2 aliphatic heterocycles. The number of methoxy groups -OCH3 is 1. The van der Waals surface area contributed by atoms with Crippen LogP contribution in [0.4, 0.5) is 0 Å². The number of thiol groups is 1. The van der Waals surface area contributed by atoms with E-state index >= 15 is 0 Å². The number of hydrogen-bond donors (Lipinski definition) is 6. The predicted octanol–water partition coefficient (Wildman–Crippen LogP) is -2.14. The van der Waals surface area contributed by atoms with Crippen molar-refractivity contribution < 1.29 is 49.3 Å². The zero-order chi connectivity index (χ0) is 21.7. The molecule has 0 radical (unpaired) electrons. The van der Waals surface area contributed by atoms with Crippen LogP contribution in [0.15, 0.2) is 0 Å². The Morgan fingerprint density at radius 3 is 2.17 bits per heavy atom. The van der Waals surface area contributed by atoms with Crippen LogP contribution in [0, 0.1) is 5.92 Å². The molecular weight excluding hydrogens is 408 g/mol. The number of aliphatic hydroxyl groups is 5. The van der Waals surface area contributed by atoms with Crippen molar-refractivity contribution in [3.05, 3.63) is 0 Å². The number of Topliss-reactive ketones (excluding diaryl/α,β-unsaturated/α-hetero) is 1. The highest BCUT2D eigenvalue weighted by molar-refractivity contribution is 7.80. The Morgan fingerprint density at radius 2 is 1.55 bits per heavy atom. The number of ketones is 1. The zero-order valence-corrected chi connectivity index (χ0v) is 17.4. The summed E-state index contributed by atoms with van der Waals surface area (Å²) < 4.78 is 21.6. The van der Waals surface area contributed by atoms with Gasteiger partial charge in [0.25, 0.3) is 0 Å². The Kier molecular flexibility index (Phi) is 9.74. The second-order valence-corrected chi connectivity index (χ2v) is 7.99. The second kappa shape index (κ2) is 11.3. The van der Waals surface area contributed by atoms with E-state index in [0.717, 1.165) is 0 Å². The molecule has 0 bridgehead atoms. The van der Waals surface area contributed by atoms with E-state index in [1.807, 2.05) is 0 Å². The monoisotopic (exact) mass is 440 g/mol. The molecule has 170 valence electrons. The van der Waals surface area contributed by atoms with Crippen molar-refractivity contribution in [1.29, 1.82) is 0 Å². The normalized spacial score (nSPS) is 43.3. The Morgan fingerprint density at radius 1 is 0.931 bits per heavy atom. The number of aliphatic hydroxyl groups excluding tert-OH is 5. The molecule has 0 spiro atoms. The minimum Gasteiger partial charge on any atom is -0.390 e. The van der Waals surface area contributed by atoms with Crippen molar-refractivity contribution in [2.45, 2.75) is 74.9 Å². The molecule has 2 saturated heterocycles. The van der Waals surface area contributed by atoms with Crippen molar-refractivity contribution in [3.8, 4) is 0 Å². The predicted molar refractivity (Wildman–Crippen MR) is 102 cm³/mol. The number of carbonyl (C=O) groups is 1. The van der Waals surface area contributed by atoms with E-state index in [4.69, 9.17) is 18.9 Å². The van der Waals surface area contributed by atoms with Gasteiger partial charge in [-0.25, -0.2) is 0 Å². The van der Waals surface area contributed by atoms with Gasteiger partial charge in [-0.3, -0.25) is 4.79 Å². The summed E-state index contributed by atoms with van der Waals surface area (Å²) in [5.41, 5.74) is 0. The van der Waals surface area contributed by atoms with Crippen molar-refractivity contribution in [3.63, 3.8) is 0 Å². The highest BCUT2D eigenvalue weighted by Crippen LogP contribution is 2.30. The quantitative estimate of drug-likeness (QED) is 0.219. The lowest BCUT2D eigenvalue weighted by Gasteiger charge is -2.43. The lowest BCUT2D eigenvalue weighted by Crippen LogP contribution is -2.60. The summed E-state index contributed by atoms with van der Waals surface area (Å²) in [6.45, 7) is 1.43. The summed E-state index contributed by atoms with van der Waals surface area (Å²) in [6, 6.07) is 0. The Bertz CT molecular complexity index is 523. The fourth-order valence-corrected chi connectivity index (χ4v) is 3.92. The Hall–Kier alpha value is -0.340. The standard InChI is InChI=1S/C18H32O10S/c1-8-10(5-9(19)3-4-29)13(20)14(21)12(27-8)7-26-18-17(24)16(23)15(22)11(28-18)6-25-2/h8,10-18,20-24,29H,3-7H2,1-2H3. The van der Waals surface area contributed by atoms with Gasteiger partial charge in [-0.05, 0) is 12.7 Å². The summed E-state index contributed by atoms with van der Waals surface area (Å²) in [6.07, 6.45) is -10.2. The largest absolute Gasteiger partial charge is 0.390 e. The van der Waals surface area contributed by atoms with Gasteiger partial charge in [-0.2, -0.15) is 12.6 Å². The molecule has 0 amide bonds. The van der Waals surface area contributed by atoms with E-state index in [2.05, 4.69) is 12.6 Å². The molecule has 10 atom stereocenters. The fourth-order valence-electron chi connectivity index (χ4n) is 3.67. The van der Waals surface area contributed by atoms with Gasteiger partial charge in [0.05, 0.1) is 25.4 Å². The van der Waals surface area contributed by atoms with Crippen LogP contribution in [0.3, 0.4) is 0 Å². The molecular formula is C18H32O10S. The van der Waals surface area contributed by atoms with Gasteiger partial charge in [0.15, 0.2) is 6.29 Å². The van der Waals surface area contributed by atoms with Crippen LogP contribution < -0.4 is 0 Å². The van der Waals surface area contributed by atoms with Crippen LogP contribution in [0.1, 0.15) is 19.8 Å². The van der Waals surface area contributed by atoms with Gasteiger partial charge in [-0.15, -0.1) is 0 Å². The Labute approximate surface area is 175 Å². The van der Waals surface area contributed by atoms with Gasteiger partial charge in [0.1, 0.15) is 42.4 Å². The van der Waals surface area contributed by atoms with Crippen molar-refractivity contribution in [2.24, 2.45) is 5.92 Å². The van der Waals surface area contributed by atoms with E-state index in [1.54, 1.807) is 6.92 Å². The first-order valence-electron chi connectivity index (χ1n) is 9.65. The molecule has 5 N–H and O–H groups in total. The topological polar surface area (TPSA) is 155 Å². The summed E-state index contributed by atoms with van der Waals surface area (Å²) >= 11 is 4.02. The molecule has 0 aromatic heterocycles. The molecule has 10 nitrogen and oxygen atoms in total. The van der Waals surface area contributed by atoms with Crippen LogP contribution in [0.5, 0.6) is 0 Å². The first-order valence-corrected chi connectivity index (χ1v) is 10.3. The molecule has 0 aromatic carbocycles. The van der Waals surface area contributed by atoms with E-state index < -0.39 is 61.0 Å². The van der Waals surface area contributed by atoms with Crippen LogP contribution in [0.25, 0.3) is 0 Å². The number of carbonyl (C=O) groups excluding carboxylic acids is 1. The average Bonchev–Trinajstić information content (AvgIpc) is 2.68. The van der Waals surface area contributed by atoms with Crippen molar-refractivity contribution in [2.75, 3.05) is 26.1 Å².